The number of rotatable bonds is 4. The first-order valence-electron chi connectivity index (χ1n) is 4.80. The van der Waals surface area contributed by atoms with Crippen molar-refractivity contribution in [1.29, 1.82) is 0 Å². The predicted octanol–water partition coefficient (Wildman–Crippen LogP) is 3.40. The third-order valence-electron chi connectivity index (χ3n) is 2.06. The molecule has 0 amide bonds. The van der Waals surface area contributed by atoms with Crippen LogP contribution in [0.3, 0.4) is 0 Å². The first-order chi connectivity index (χ1) is 8.60. The van der Waals surface area contributed by atoms with E-state index in [1.54, 1.807) is 5.38 Å². The number of thiazole rings is 1. The summed E-state index contributed by atoms with van der Waals surface area (Å²) < 4.78 is 11.3. The van der Waals surface area contributed by atoms with E-state index < -0.39 is 5.97 Å². The van der Waals surface area contributed by atoms with E-state index in [1.165, 1.54) is 36.6 Å². The van der Waals surface area contributed by atoms with Gasteiger partial charge in [0.2, 0.25) is 0 Å². The molecule has 0 aliphatic rings. The van der Waals surface area contributed by atoms with Gasteiger partial charge in [-0.2, -0.15) is 4.98 Å². The maximum atomic E-state index is 10.8. The maximum absolute atomic E-state index is 10.8. The smallest absolute Gasteiger partial charge is 0.335 e. The Kier molecular flexibility index (Phi) is 3.83. The Labute approximate surface area is 115 Å². The van der Waals surface area contributed by atoms with Gasteiger partial charge in [-0.1, -0.05) is 11.3 Å². The first-order valence-corrected chi connectivity index (χ1v) is 6.47. The molecule has 0 atom stereocenters. The number of carbonyl (C=O) groups is 1. The van der Waals surface area contributed by atoms with Gasteiger partial charge in [-0.3, -0.25) is 0 Å². The van der Waals surface area contributed by atoms with Crippen molar-refractivity contribution in [2.45, 2.75) is 0 Å². The van der Waals surface area contributed by atoms with E-state index in [9.17, 15) is 4.79 Å². The number of aromatic carboxylic acids is 1. The van der Waals surface area contributed by atoms with Crippen molar-refractivity contribution in [3.05, 3.63) is 33.7 Å². The second kappa shape index (κ2) is 5.36. The number of aromatic nitrogens is 1. The molecule has 0 spiro atoms. The van der Waals surface area contributed by atoms with Gasteiger partial charge in [-0.15, -0.1) is 0 Å². The summed E-state index contributed by atoms with van der Waals surface area (Å²) >= 11 is 4.54. The van der Waals surface area contributed by atoms with E-state index >= 15 is 0 Å². The summed E-state index contributed by atoms with van der Waals surface area (Å²) in [5.41, 5.74) is 0.138. The lowest BCUT2D eigenvalue weighted by Crippen LogP contribution is -1.98. The van der Waals surface area contributed by atoms with Crippen molar-refractivity contribution in [2.75, 3.05) is 7.11 Å². The van der Waals surface area contributed by atoms with Crippen molar-refractivity contribution in [3.8, 4) is 16.7 Å². The Bertz CT molecular complexity index is 584. The molecule has 0 fully saturated rings. The molecule has 2 aromatic rings. The second-order valence-electron chi connectivity index (χ2n) is 3.21. The zero-order valence-electron chi connectivity index (χ0n) is 9.21. The molecule has 0 saturated heterocycles. The monoisotopic (exact) mass is 329 g/mol. The lowest BCUT2D eigenvalue weighted by molar-refractivity contribution is 0.0696. The average Bonchev–Trinajstić information content (AvgIpc) is 2.75. The Morgan fingerprint density at radius 3 is 2.78 bits per heavy atom. The highest BCUT2D eigenvalue weighted by atomic mass is 79.9. The molecule has 0 aliphatic carbocycles. The fourth-order valence-electron chi connectivity index (χ4n) is 1.26. The number of methoxy groups -OCH3 is 1. The lowest BCUT2D eigenvalue weighted by Gasteiger charge is -2.08. The highest BCUT2D eigenvalue weighted by Gasteiger charge is 2.12. The molecule has 18 heavy (non-hydrogen) atoms. The largest absolute Gasteiger partial charge is 0.493 e. The molecule has 5 nitrogen and oxygen atoms in total. The lowest BCUT2D eigenvalue weighted by atomic mass is 10.2. The van der Waals surface area contributed by atoms with Gasteiger partial charge in [0.1, 0.15) is 4.60 Å². The van der Waals surface area contributed by atoms with Crippen molar-refractivity contribution in [2.24, 2.45) is 0 Å². The number of ether oxygens (including phenoxy) is 2. The Morgan fingerprint density at radius 2 is 2.22 bits per heavy atom. The molecule has 0 bridgehead atoms. The minimum absolute atomic E-state index is 0.138. The van der Waals surface area contributed by atoms with Crippen LogP contribution >= 0.6 is 27.3 Å². The topological polar surface area (TPSA) is 68.7 Å². The highest BCUT2D eigenvalue weighted by molar-refractivity contribution is 9.10. The molecule has 2 rings (SSSR count). The van der Waals surface area contributed by atoms with E-state index in [0.717, 1.165) is 0 Å². The summed E-state index contributed by atoms with van der Waals surface area (Å²) in [6.45, 7) is 0. The normalized spacial score (nSPS) is 10.1. The average molecular weight is 330 g/mol. The molecule has 1 heterocycles. The van der Waals surface area contributed by atoms with Gasteiger partial charge < -0.3 is 14.6 Å². The van der Waals surface area contributed by atoms with Crippen molar-refractivity contribution in [3.63, 3.8) is 0 Å². The number of hydrogen-bond acceptors (Lipinski definition) is 5. The van der Waals surface area contributed by atoms with Crippen molar-refractivity contribution < 1.29 is 19.4 Å². The van der Waals surface area contributed by atoms with Crippen LogP contribution in [-0.2, 0) is 0 Å². The van der Waals surface area contributed by atoms with Gasteiger partial charge in [-0.25, -0.2) is 4.79 Å². The molecule has 0 unspecified atom stereocenters. The van der Waals surface area contributed by atoms with E-state index in [0.29, 0.717) is 21.3 Å². The van der Waals surface area contributed by atoms with Gasteiger partial charge in [0.15, 0.2) is 11.5 Å². The van der Waals surface area contributed by atoms with Crippen LogP contribution in [0, 0.1) is 0 Å². The molecule has 1 N–H and O–H groups in total. The molecule has 94 valence electrons. The summed E-state index contributed by atoms with van der Waals surface area (Å²) in [5, 5.41) is 11.1. The summed E-state index contributed by atoms with van der Waals surface area (Å²) in [5.74, 6) is -0.248. The highest BCUT2D eigenvalue weighted by Crippen LogP contribution is 2.34. The third-order valence-corrected chi connectivity index (χ3v) is 3.49. The summed E-state index contributed by atoms with van der Waals surface area (Å²) in [7, 11) is 1.45. The standard InChI is InChI=1S/C11H8BrNO4S/c1-16-8-4-6(10(14)15)2-3-7(8)17-11-13-9(12)5-18-11/h2-5H,1H3,(H,14,15). The van der Waals surface area contributed by atoms with Crippen LogP contribution in [0.1, 0.15) is 10.4 Å². The summed E-state index contributed by atoms with van der Waals surface area (Å²) in [6, 6.07) is 4.39. The Balaban J connectivity index is 2.30. The first kappa shape index (κ1) is 12.8. The molecule has 1 aromatic carbocycles. The SMILES string of the molecule is COc1cc(C(=O)O)ccc1Oc1nc(Br)cs1. The van der Waals surface area contributed by atoms with Crippen LogP contribution in [0.25, 0.3) is 0 Å². The van der Waals surface area contributed by atoms with Crippen molar-refractivity contribution in [1.82, 2.24) is 4.98 Å². The van der Waals surface area contributed by atoms with Gasteiger partial charge in [-0.05, 0) is 34.1 Å². The van der Waals surface area contributed by atoms with Crippen molar-refractivity contribution >= 4 is 33.2 Å². The zero-order chi connectivity index (χ0) is 13.1. The fourth-order valence-corrected chi connectivity index (χ4v) is 2.36. The van der Waals surface area contributed by atoms with E-state index in [-0.39, 0.29) is 5.56 Å². The maximum Gasteiger partial charge on any atom is 0.335 e. The Hall–Kier alpha value is -1.60. The number of halogens is 1. The minimum atomic E-state index is -1.02. The molecular weight excluding hydrogens is 322 g/mol. The molecule has 0 radical (unpaired) electrons. The van der Waals surface area contributed by atoms with Crippen LogP contribution in [0.2, 0.25) is 0 Å². The molecule has 0 saturated carbocycles. The van der Waals surface area contributed by atoms with Crippen LogP contribution < -0.4 is 9.47 Å². The molecule has 0 aliphatic heterocycles. The number of carboxylic acid groups (broad SMARTS) is 1. The van der Waals surface area contributed by atoms with E-state index in [1.807, 2.05) is 0 Å². The molecule has 1 aromatic heterocycles. The summed E-state index contributed by atoms with van der Waals surface area (Å²) in [6.07, 6.45) is 0. The van der Waals surface area contributed by atoms with Crippen LogP contribution in [0.15, 0.2) is 28.2 Å². The second-order valence-corrected chi connectivity index (χ2v) is 4.84. The molecule has 7 heteroatoms. The predicted molar refractivity (Wildman–Crippen MR) is 69.8 cm³/mol. The van der Waals surface area contributed by atoms with Crippen LogP contribution in [-0.4, -0.2) is 23.2 Å². The fraction of sp³-hybridized carbons (Fsp3) is 0.0909. The Morgan fingerprint density at radius 1 is 1.44 bits per heavy atom. The zero-order valence-corrected chi connectivity index (χ0v) is 11.6. The van der Waals surface area contributed by atoms with E-state index in [2.05, 4.69) is 20.9 Å². The van der Waals surface area contributed by atoms with Crippen LogP contribution in [0.5, 0.6) is 16.7 Å². The quantitative estimate of drug-likeness (QED) is 0.930. The number of nitrogens with zero attached hydrogens (tertiary/aromatic N) is 1. The summed E-state index contributed by atoms with van der Waals surface area (Å²) in [4.78, 5) is 14.9. The van der Waals surface area contributed by atoms with Gasteiger partial charge >= 0.3 is 5.97 Å². The number of carboxylic acids is 1. The van der Waals surface area contributed by atoms with Gasteiger partial charge in [0.25, 0.3) is 5.19 Å². The van der Waals surface area contributed by atoms with Gasteiger partial charge in [0.05, 0.1) is 12.7 Å². The molecular formula is C11H8BrNO4S. The number of hydrogen-bond donors (Lipinski definition) is 1. The van der Waals surface area contributed by atoms with Crippen LogP contribution in [0.4, 0.5) is 0 Å². The van der Waals surface area contributed by atoms with E-state index in [4.69, 9.17) is 14.6 Å². The number of benzene rings is 1. The minimum Gasteiger partial charge on any atom is -0.493 e. The third kappa shape index (κ3) is 2.80. The van der Waals surface area contributed by atoms with Gasteiger partial charge in [0, 0.05) is 5.38 Å².